The second kappa shape index (κ2) is 9.13. The number of nitrogens with one attached hydrogen (secondary N) is 1. The van der Waals surface area contributed by atoms with Crippen LogP contribution in [0.25, 0.3) is 0 Å². The van der Waals surface area contributed by atoms with Crippen LogP contribution in [0.5, 0.6) is 11.5 Å². The molecular formula is C23H19ClN2O3. The Balaban J connectivity index is 1.82. The Hall–Kier alpha value is -3.49. The summed E-state index contributed by atoms with van der Waals surface area (Å²) in [5.41, 5.74) is 2.49. The van der Waals surface area contributed by atoms with Gasteiger partial charge in [0.25, 0.3) is 5.91 Å². The van der Waals surface area contributed by atoms with Gasteiger partial charge in [-0.05, 0) is 41.5 Å². The highest BCUT2D eigenvalue weighted by Gasteiger charge is 2.17. The first-order chi connectivity index (χ1) is 14.1. The van der Waals surface area contributed by atoms with Crippen LogP contribution in [0.4, 0.5) is 5.69 Å². The average molecular weight is 407 g/mol. The minimum Gasteiger partial charge on any atom is -0.493 e. The van der Waals surface area contributed by atoms with Crippen molar-refractivity contribution in [2.75, 3.05) is 19.5 Å². The molecule has 1 N–H and O–H groups in total. The Labute approximate surface area is 174 Å². The number of ether oxygens (including phenoxy) is 2. The van der Waals surface area contributed by atoms with Crippen molar-refractivity contribution in [2.45, 2.75) is 5.92 Å². The molecule has 0 bridgehead atoms. The van der Waals surface area contributed by atoms with E-state index in [0.29, 0.717) is 33.3 Å². The highest BCUT2D eigenvalue weighted by molar-refractivity contribution is 6.32. The van der Waals surface area contributed by atoms with Gasteiger partial charge in [0, 0.05) is 16.3 Å². The number of nitriles is 1. The van der Waals surface area contributed by atoms with Crippen molar-refractivity contribution in [3.8, 4) is 17.6 Å². The lowest BCUT2D eigenvalue weighted by Crippen LogP contribution is -2.12. The van der Waals surface area contributed by atoms with E-state index in [2.05, 4.69) is 11.4 Å². The van der Waals surface area contributed by atoms with E-state index in [-0.39, 0.29) is 5.91 Å². The normalized spacial score (nSPS) is 11.2. The minimum absolute atomic E-state index is 0.310. The van der Waals surface area contributed by atoms with Crippen LogP contribution in [0.1, 0.15) is 27.4 Å². The Morgan fingerprint density at radius 3 is 2.34 bits per heavy atom. The zero-order valence-electron chi connectivity index (χ0n) is 16.0. The molecule has 0 aliphatic carbocycles. The van der Waals surface area contributed by atoms with Crippen molar-refractivity contribution in [3.05, 3.63) is 88.4 Å². The van der Waals surface area contributed by atoms with Crippen LogP contribution in [0, 0.1) is 11.3 Å². The first kappa shape index (κ1) is 20.2. The summed E-state index contributed by atoms with van der Waals surface area (Å²) in [5.74, 6) is 0.210. The van der Waals surface area contributed by atoms with Gasteiger partial charge in [-0.25, -0.2) is 0 Å². The van der Waals surface area contributed by atoms with E-state index in [0.717, 1.165) is 5.56 Å². The zero-order valence-corrected chi connectivity index (χ0v) is 16.7. The number of carbonyl (C=O) groups excluding carboxylic acids is 1. The van der Waals surface area contributed by atoms with Gasteiger partial charge in [-0.15, -0.1) is 0 Å². The van der Waals surface area contributed by atoms with Gasteiger partial charge >= 0.3 is 0 Å². The molecule has 1 unspecified atom stereocenters. The van der Waals surface area contributed by atoms with Crippen molar-refractivity contribution >= 4 is 23.2 Å². The van der Waals surface area contributed by atoms with Crippen LogP contribution in [-0.2, 0) is 0 Å². The Bertz CT molecular complexity index is 1060. The summed E-state index contributed by atoms with van der Waals surface area (Å²) in [6.45, 7) is 0. The van der Waals surface area contributed by atoms with Gasteiger partial charge in [-0.1, -0.05) is 48.0 Å². The molecule has 3 aromatic carbocycles. The molecule has 1 amide bonds. The summed E-state index contributed by atoms with van der Waals surface area (Å²) < 4.78 is 10.4. The maximum absolute atomic E-state index is 12.6. The molecule has 29 heavy (non-hydrogen) atoms. The first-order valence-electron chi connectivity index (χ1n) is 8.84. The fourth-order valence-electron chi connectivity index (χ4n) is 2.99. The van der Waals surface area contributed by atoms with Crippen molar-refractivity contribution in [2.24, 2.45) is 0 Å². The molecule has 5 nitrogen and oxygen atoms in total. The fourth-order valence-corrected chi connectivity index (χ4v) is 3.28. The first-order valence-corrected chi connectivity index (χ1v) is 9.22. The fraction of sp³-hybridized carbons (Fsp3) is 0.130. The standard InChI is InChI=1S/C23H19ClN2O3/c1-28-21-11-8-16(12-22(21)29-2)23(27)26-17-9-10-18(20(24)13-17)19(14-25)15-6-4-3-5-7-15/h3-13,19H,1-2H3,(H,26,27). The van der Waals surface area contributed by atoms with E-state index >= 15 is 0 Å². The lowest BCUT2D eigenvalue weighted by atomic mass is 9.92. The molecule has 0 aliphatic heterocycles. The van der Waals surface area contributed by atoms with E-state index in [1.54, 1.807) is 36.4 Å². The van der Waals surface area contributed by atoms with E-state index < -0.39 is 5.92 Å². The monoisotopic (exact) mass is 406 g/mol. The third-order valence-corrected chi connectivity index (χ3v) is 4.80. The third kappa shape index (κ3) is 4.50. The lowest BCUT2D eigenvalue weighted by molar-refractivity contribution is 0.102. The minimum atomic E-state index is -0.487. The molecule has 3 aromatic rings. The van der Waals surface area contributed by atoms with E-state index in [1.807, 2.05) is 30.3 Å². The van der Waals surface area contributed by atoms with Gasteiger partial charge in [-0.3, -0.25) is 4.79 Å². The number of amides is 1. The molecule has 1 atom stereocenters. The van der Waals surface area contributed by atoms with Crippen molar-refractivity contribution in [1.29, 1.82) is 5.26 Å². The Kier molecular flexibility index (Phi) is 6.38. The number of rotatable bonds is 6. The van der Waals surface area contributed by atoms with Crippen molar-refractivity contribution in [3.63, 3.8) is 0 Å². The van der Waals surface area contributed by atoms with E-state index in [4.69, 9.17) is 21.1 Å². The van der Waals surface area contributed by atoms with Gasteiger partial charge in [0.15, 0.2) is 11.5 Å². The quantitative estimate of drug-likeness (QED) is 0.605. The van der Waals surface area contributed by atoms with Gasteiger partial charge in [0.1, 0.15) is 0 Å². The molecule has 0 aliphatic rings. The van der Waals surface area contributed by atoms with Crippen molar-refractivity contribution < 1.29 is 14.3 Å². The number of benzene rings is 3. The Morgan fingerprint density at radius 1 is 1.00 bits per heavy atom. The molecule has 3 rings (SSSR count). The molecular weight excluding hydrogens is 388 g/mol. The van der Waals surface area contributed by atoms with Crippen molar-refractivity contribution in [1.82, 2.24) is 0 Å². The van der Waals surface area contributed by atoms with Gasteiger partial charge in [0.2, 0.25) is 0 Å². The SMILES string of the molecule is COc1ccc(C(=O)Nc2ccc(C(C#N)c3ccccc3)c(Cl)c2)cc1OC. The summed E-state index contributed by atoms with van der Waals surface area (Å²) in [4.78, 5) is 12.6. The highest BCUT2D eigenvalue weighted by Crippen LogP contribution is 2.32. The molecule has 0 saturated carbocycles. The number of hydrogen-bond donors (Lipinski definition) is 1. The predicted molar refractivity (Wildman–Crippen MR) is 113 cm³/mol. The maximum Gasteiger partial charge on any atom is 0.255 e. The summed E-state index contributed by atoms with van der Waals surface area (Å²) >= 11 is 6.43. The average Bonchev–Trinajstić information content (AvgIpc) is 2.75. The summed E-state index contributed by atoms with van der Waals surface area (Å²) in [7, 11) is 3.04. The van der Waals surface area contributed by atoms with Crippen LogP contribution < -0.4 is 14.8 Å². The topological polar surface area (TPSA) is 71.3 Å². The maximum atomic E-state index is 12.6. The van der Waals surface area contributed by atoms with Gasteiger partial charge < -0.3 is 14.8 Å². The van der Waals surface area contributed by atoms with Crippen LogP contribution in [0.2, 0.25) is 5.02 Å². The number of hydrogen-bond acceptors (Lipinski definition) is 4. The molecule has 6 heteroatoms. The van der Waals surface area contributed by atoms with Crippen LogP contribution in [-0.4, -0.2) is 20.1 Å². The third-order valence-electron chi connectivity index (χ3n) is 4.48. The number of halogens is 1. The lowest BCUT2D eigenvalue weighted by Gasteiger charge is -2.14. The van der Waals surface area contributed by atoms with Crippen LogP contribution in [0.3, 0.4) is 0 Å². The molecule has 146 valence electrons. The number of carbonyl (C=O) groups is 1. The van der Waals surface area contributed by atoms with E-state index in [9.17, 15) is 10.1 Å². The number of anilines is 1. The molecule has 0 fully saturated rings. The molecule has 0 aromatic heterocycles. The smallest absolute Gasteiger partial charge is 0.255 e. The summed E-state index contributed by atoms with van der Waals surface area (Å²) in [6, 6.07) is 21.8. The predicted octanol–water partition coefficient (Wildman–Crippen LogP) is 5.26. The second-order valence-corrected chi connectivity index (χ2v) is 6.64. The summed E-state index contributed by atoms with van der Waals surface area (Å²) in [5, 5.41) is 12.8. The molecule has 0 saturated heterocycles. The number of nitrogens with zero attached hydrogens (tertiary/aromatic N) is 1. The Morgan fingerprint density at radius 2 is 1.72 bits per heavy atom. The molecule has 0 radical (unpaired) electrons. The largest absolute Gasteiger partial charge is 0.493 e. The molecule has 0 heterocycles. The zero-order chi connectivity index (χ0) is 20.8. The highest BCUT2D eigenvalue weighted by atomic mass is 35.5. The van der Waals surface area contributed by atoms with Gasteiger partial charge in [0.05, 0.1) is 26.2 Å². The summed E-state index contributed by atoms with van der Waals surface area (Å²) in [6.07, 6.45) is 0. The van der Waals surface area contributed by atoms with Crippen LogP contribution in [0.15, 0.2) is 66.7 Å². The van der Waals surface area contributed by atoms with E-state index in [1.165, 1.54) is 14.2 Å². The molecule has 0 spiro atoms. The second-order valence-electron chi connectivity index (χ2n) is 6.23. The number of methoxy groups -OCH3 is 2. The van der Waals surface area contributed by atoms with Crippen LogP contribution >= 0.6 is 11.6 Å². The van der Waals surface area contributed by atoms with Gasteiger partial charge in [-0.2, -0.15) is 5.26 Å².